The number of hydrogen-bond acceptors (Lipinski definition) is 3. The minimum Gasteiger partial charge on any atom is -0.507 e. The van der Waals surface area contributed by atoms with E-state index in [0.717, 1.165) is 5.56 Å². The Balaban J connectivity index is 2.27. The second-order valence-electron chi connectivity index (χ2n) is 5.79. The minimum atomic E-state index is -0.868. The number of benzene rings is 1. The van der Waals surface area contributed by atoms with Crippen molar-refractivity contribution in [2.24, 2.45) is 5.41 Å². The standard InChI is InChI=1S/C16H21NO4/c1-3-16(15(20)21)7-4-8-17(10-16)14(19)12-9-11(2)5-6-13(12)18/h5-6,9,18H,3-4,7-8,10H2,1-2H3,(H,20,21). The molecule has 1 saturated heterocycles. The van der Waals surface area contributed by atoms with Crippen LogP contribution >= 0.6 is 0 Å². The van der Waals surface area contributed by atoms with Crippen LogP contribution in [0.3, 0.4) is 0 Å². The zero-order valence-electron chi connectivity index (χ0n) is 12.4. The van der Waals surface area contributed by atoms with E-state index in [0.29, 0.717) is 25.8 Å². The van der Waals surface area contributed by atoms with E-state index in [1.54, 1.807) is 17.0 Å². The van der Waals surface area contributed by atoms with Crippen molar-refractivity contribution >= 4 is 11.9 Å². The van der Waals surface area contributed by atoms with Gasteiger partial charge in [-0.05, 0) is 38.3 Å². The lowest BCUT2D eigenvalue weighted by atomic mass is 9.77. The third kappa shape index (κ3) is 2.86. The monoisotopic (exact) mass is 291 g/mol. The third-order valence-corrected chi connectivity index (χ3v) is 4.38. The smallest absolute Gasteiger partial charge is 0.311 e. The molecule has 0 spiro atoms. The number of amides is 1. The van der Waals surface area contributed by atoms with E-state index < -0.39 is 11.4 Å². The summed E-state index contributed by atoms with van der Waals surface area (Å²) >= 11 is 0. The summed E-state index contributed by atoms with van der Waals surface area (Å²) in [5, 5.41) is 19.3. The van der Waals surface area contributed by atoms with Gasteiger partial charge in [0.1, 0.15) is 5.75 Å². The van der Waals surface area contributed by atoms with Crippen LogP contribution < -0.4 is 0 Å². The highest BCUT2D eigenvalue weighted by Crippen LogP contribution is 2.35. The number of aliphatic carboxylic acids is 1. The lowest BCUT2D eigenvalue weighted by molar-refractivity contribution is -0.152. The predicted octanol–water partition coefficient (Wildman–Crippen LogP) is 2.42. The van der Waals surface area contributed by atoms with Crippen LogP contribution in [-0.2, 0) is 4.79 Å². The fraction of sp³-hybridized carbons (Fsp3) is 0.500. The highest BCUT2D eigenvalue weighted by Gasteiger charge is 2.42. The summed E-state index contributed by atoms with van der Waals surface area (Å²) in [4.78, 5) is 25.7. The number of piperidine rings is 1. The summed E-state index contributed by atoms with van der Waals surface area (Å²) in [6.07, 6.45) is 1.74. The summed E-state index contributed by atoms with van der Waals surface area (Å²) < 4.78 is 0. The van der Waals surface area contributed by atoms with E-state index >= 15 is 0 Å². The maximum atomic E-state index is 12.6. The molecule has 1 aliphatic rings. The Kier molecular flexibility index (Phi) is 4.21. The van der Waals surface area contributed by atoms with Gasteiger partial charge in [-0.2, -0.15) is 0 Å². The number of carboxylic acids is 1. The van der Waals surface area contributed by atoms with Gasteiger partial charge in [0, 0.05) is 13.1 Å². The van der Waals surface area contributed by atoms with Gasteiger partial charge in [0.05, 0.1) is 11.0 Å². The van der Waals surface area contributed by atoms with Gasteiger partial charge in [-0.25, -0.2) is 0 Å². The van der Waals surface area contributed by atoms with E-state index in [2.05, 4.69) is 0 Å². The second kappa shape index (κ2) is 5.76. The van der Waals surface area contributed by atoms with Crippen molar-refractivity contribution in [2.45, 2.75) is 33.1 Å². The number of likely N-dealkylation sites (tertiary alicyclic amines) is 1. The Morgan fingerprint density at radius 2 is 2.10 bits per heavy atom. The molecule has 1 heterocycles. The fourth-order valence-electron chi connectivity index (χ4n) is 2.91. The van der Waals surface area contributed by atoms with Crippen molar-refractivity contribution < 1.29 is 19.8 Å². The third-order valence-electron chi connectivity index (χ3n) is 4.38. The van der Waals surface area contributed by atoms with Crippen molar-refractivity contribution in [3.8, 4) is 5.75 Å². The van der Waals surface area contributed by atoms with Crippen molar-refractivity contribution in [1.82, 2.24) is 4.90 Å². The molecule has 21 heavy (non-hydrogen) atoms. The Morgan fingerprint density at radius 3 is 2.71 bits per heavy atom. The van der Waals surface area contributed by atoms with E-state index in [1.807, 2.05) is 13.8 Å². The molecular formula is C16H21NO4. The molecule has 1 aromatic rings. The van der Waals surface area contributed by atoms with E-state index in [9.17, 15) is 19.8 Å². The number of phenols is 1. The number of aryl methyl sites for hydroxylation is 1. The average Bonchev–Trinajstić information content (AvgIpc) is 2.48. The summed E-state index contributed by atoms with van der Waals surface area (Å²) in [6.45, 7) is 4.42. The van der Waals surface area contributed by atoms with Gasteiger partial charge < -0.3 is 15.1 Å². The number of phenolic OH excluding ortho intramolecular Hbond substituents is 1. The van der Waals surface area contributed by atoms with Gasteiger partial charge in [0.15, 0.2) is 0 Å². The minimum absolute atomic E-state index is 0.0615. The second-order valence-corrected chi connectivity index (χ2v) is 5.79. The molecule has 1 aromatic carbocycles. The molecule has 0 saturated carbocycles. The first-order chi connectivity index (χ1) is 9.89. The number of carbonyl (C=O) groups is 2. The molecule has 2 N–H and O–H groups in total. The van der Waals surface area contributed by atoms with Crippen molar-refractivity contribution in [3.63, 3.8) is 0 Å². The average molecular weight is 291 g/mol. The van der Waals surface area contributed by atoms with Crippen molar-refractivity contribution in [2.75, 3.05) is 13.1 Å². The Morgan fingerprint density at radius 1 is 1.38 bits per heavy atom. The van der Waals surface area contributed by atoms with Crippen LogP contribution in [0.2, 0.25) is 0 Å². The van der Waals surface area contributed by atoms with Gasteiger partial charge in [-0.3, -0.25) is 9.59 Å². The molecule has 1 unspecified atom stereocenters. The zero-order valence-corrected chi connectivity index (χ0v) is 12.4. The number of hydrogen-bond donors (Lipinski definition) is 2. The van der Waals surface area contributed by atoms with Gasteiger partial charge in [0.2, 0.25) is 0 Å². The summed E-state index contributed by atoms with van der Waals surface area (Å²) in [6, 6.07) is 4.87. The predicted molar refractivity (Wildman–Crippen MR) is 78.3 cm³/mol. The summed E-state index contributed by atoms with van der Waals surface area (Å²) in [7, 11) is 0. The normalized spacial score (nSPS) is 22.1. The molecule has 5 heteroatoms. The molecular weight excluding hydrogens is 270 g/mol. The SMILES string of the molecule is CCC1(C(=O)O)CCCN(C(=O)c2cc(C)ccc2O)C1. The summed E-state index contributed by atoms with van der Waals surface area (Å²) in [5.74, 6) is -1.21. The molecule has 0 radical (unpaired) electrons. The topological polar surface area (TPSA) is 77.8 Å². The maximum Gasteiger partial charge on any atom is 0.311 e. The lowest BCUT2D eigenvalue weighted by Crippen LogP contribution is -2.49. The molecule has 5 nitrogen and oxygen atoms in total. The van der Waals surface area contributed by atoms with E-state index in [1.165, 1.54) is 6.07 Å². The molecule has 2 rings (SSSR count). The van der Waals surface area contributed by atoms with E-state index in [-0.39, 0.29) is 23.8 Å². The number of carboxylic acid groups (broad SMARTS) is 1. The van der Waals surface area contributed by atoms with Crippen molar-refractivity contribution in [3.05, 3.63) is 29.3 Å². The van der Waals surface area contributed by atoms with Crippen molar-refractivity contribution in [1.29, 1.82) is 0 Å². The molecule has 1 aliphatic heterocycles. The Labute approximate surface area is 124 Å². The maximum absolute atomic E-state index is 12.6. The van der Waals surface area contributed by atoms with Crippen LogP contribution in [0.15, 0.2) is 18.2 Å². The first-order valence-electron chi connectivity index (χ1n) is 7.22. The van der Waals surface area contributed by atoms with Gasteiger partial charge >= 0.3 is 5.97 Å². The molecule has 114 valence electrons. The molecule has 1 amide bonds. The molecule has 1 atom stereocenters. The molecule has 0 aliphatic carbocycles. The van der Waals surface area contributed by atoms with Gasteiger partial charge in [0.25, 0.3) is 5.91 Å². The zero-order chi connectivity index (χ0) is 15.6. The summed E-state index contributed by atoms with van der Waals surface area (Å²) in [5.41, 5.74) is 0.258. The lowest BCUT2D eigenvalue weighted by Gasteiger charge is -2.39. The highest BCUT2D eigenvalue weighted by atomic mass is 16.4. The number of aromatic hydroxyl groups is 1. The van der Waals surface area contributed by atoms with Gasteiger partial charge in [-0.15, -0.1) is 0 Å². The van der Waals surface area contributed by atoms with Crippen LogP contribution in [0.4, 0.5) is 0 Å². The molecule has 0 bridgehead atoms. The molecule has 0 aromatic heterocycles. The van der Waals surface area contributed by atoms with Crippen LogP contribution in [0.1, 0.15) is 42.1 Å². The molecule has 1 fully saturated rings. The highest BCUT2D eigenvalue weighted by molar-refractivity contribution is 5.97. The number of nitrogens with zero attached hydrogens (tertiary/aromatic N) is 1. The number of rotatable bonds is 3. The Hall–Kier alpha value is -2.04. The van der Waals surface area contributed by atoms with Crippen LogP contribution in [0, 0.1) is 12.3 Å². The first kappa shape index (κ1) is 15.4. The number of carbonyl (C=O) groups excluding carboxylic acids is 1. The van der Waals surface area contributed by atoms with E-state index in [4.69, 9.17) is 0 Å². The van der Waals surface area contributed by atoms with Crippen LogP contribution in [0.5, 0.6) is 5.75 Å². The quantitative estimate of drug-likeness (QED) is 0.896. The van der Waals surface area contributed by atoms with Crippen LogP contribution in [0.25, 0.3) is 0 Å². The Bertz CT molecular complexity index is 569. The fourth-order valence-corrected chi connectivity index (χ4v) is 2.91. The van der Waals surface area contributed by atoms with Gasteiger partial charge in [-0.1, -0.05) is 18.6 Å². The largest absolute Gasteiger partial charge is 0.507 e. The first-order valence-corrected chi connectivity index (χ1v) is 7.22. The van der Waals surface area contributed by atoms with Crippen LogP contribution in [-0.4, -0.2) is 40.1 Å².